The maximum absolute atomic E-state index is 5.92. The van der Waals surface area contributed by atoms with Crippen LogP contribution in [-0.4, -0.2) is 29.0 Å². The van der Waals surface area contributed by atoms with E-state index in [-0.39, 0.29) is 12.4 Å². The molecule has 2 aromatic heterocycles. The molecule has 3 rings (SSSR count). The first kappa shape index (κ1) is 14.5. The summed E-state index contributed by atoms with van der Waals surface area (Å²) in [5.41, 5.74) is 6.95. The van der Waals surface area contributed by atoms with Crippen LogP contribution in [0.5, 0.6) is 0 Å². The Labute approximate surface area is 123 Å². The molecule has 1 atom stereocenters. The Morgan fingerprint density at radius 2 is 2.42 bits per heavy atom. The predicted octanol–water partition coefficient (Wildman–Crippen LogP) is 2.67. The number of likely N-dealkylation sites (tertiary alicyclic amines) is 1. The van der Waals surface area contributed by atoms with E-state index in [1.807, 2.05) is 24.4 Å². The molecule has 1 unspecified atom stereocenters. The third-order valence-corrected chi connectivity index (χ3v) is 4.16. The third kappa shape index (κ3) is 3.17. The minimum absolute atomic E-state index is 0. The first-order valence-electron chi connectivity index (χ1n) is 6.20. The van der Waals surface area contributed by atoms with E-state index in [1.165, 1.54) is 0 Å². The van der Waals surface area contributed by atoms with Gasteiger partial charge in [-0.1, -0.05) is 6.07 Å². The highest BCUT2D eigenvalue weighted by Crippen LogP contribution is 2.26. The van der Waals surface area contributed by atoms with Gasteiger partial charge in [0.1, 0.15) is 5.76 Å². The second-order valence-corrected chi connectivity index (χ2v) is 5.73. The topological polar surface area (TPSA) is 55.3 Å². The second kappa shape index (κ2) is 6.05. The largest absolute Gasteiger partial charge is 0.440 e. The Hall–Kier alpha value is -0.880. The van der Waals surface area contributed by atoms with Crippen molar-refractivity contribution >= 4 is 23.7 Å². The summed E-state index contributed by atoms with van der Waals surface area (Å²) in [4.78, 5) is 8.03. The van der Waals surface area contributed by atoms with Gasteiger partial charge in [0, 0.05) is 25.7 Å². The zero-order chi connectivity index (χ0) is 12.5. The molecule has 19 heavy (non-hydrogen) atoms. The van der Waals surface area contributed by atoms with Gasteiger partial charge in [-0.3, -0.25) is 4.90 Å². The fourth-order valence-electron chi connectivity index (χ4n) is 2.30. The van der Waals surface area contributed by atoms with Gasteiger partial charge in [-0.2, -0.15) is 0 Å². The molecule has 2 N–H and O–H groups in total. The van der Waals surface area contributed by atoms with Gasteiger partial charge in [-0.05, 0) is 24.8 Å². The van der Waals surface area contributed by atoms with Crippen molar-refractivity contribution in [2.45, 2.75) is 25.9 Å². The smallest absolute Gasteiger partial charge is 0.236 e. The van der Waals surface area contributed by atoms with Crippen LogP contribution in [0.25, 0.3) is 10.8 Å². The van der Waals surface area contributed by atoms with Crippen LogP contribution in [0.4, 0.5) is 0 Å². The van der Waals surface area contributed by atoms with Gasteiger partial charge in [0.05, 0.1) is 10.6 Å². The molecular weight excluding hydrogens is 282 g/mol. The molecule has 4 nitrogen and oxygen atoms in total. The maximum atomic E-state index is 5.92. The van der Waals surface area contributed by atoms with Crippen LogP contribution in [0.15, 0.2) is 21.9 Å². The fourth-order valence-corrected chi connectivity index (χ4v) is 2.95. The lowest BCUT2D eigenvalue weighted by molar-refractivity contribution is 0.321. The van der Waals surface area contributed by atoms with Crippen molar-refractivity contribution in [2.75, 3.05) is 13.1 Å². The molecule has 6 heteroatoms. The highest BCUT2D eigenvalue weighted by atomic mass is 35.5. The number of aromatic nitrogens is 1. The van der Waals surface area contributed by atoms with E-state index in [0.717, 1.165) is 48.3 Å². The molecule has 0 aromatic carbocycles. The van der Waals surface area contributed by atoms with Crippen molar-refractivity contribution < 1.29 is 4.42 Å². The van der Waals surface area contributed by atoms with Gasteiger partial charge in [0.2, 0.25) is 5.89 Å². The summed E-state index contributed by atoms with van der Waals surface area (Å²) in [6.07, 6.45) is 1.08. The van der Waals surface area contributed by atoms with Crippen LogP contribution in [0.1, 0.15) is 17.9 Å². The maximum Gasteiger partial charge on any atom is 0.236 e. The Kier molecular flexibility index (Phi) is 4.62. The van der Waals surface area contributed by atoms with E-state index < -0.39 is 0 Å². The highest BCUT2D eigenvalue weighted by molar-refractivity contribution is 7.13. The SMILES string of the molecule is Cc1oc(-c2cccs2)nc1CN1CCC(N)C1.Cl. The van der Waals surface area contributed by atoms with Gasteiger partial charge in [-0.15, -0.1) is 23.7 Å². The van der Waals surface area contributed by atoms with Crippen molar-refractivity contribution in [3.63, 3.8) is 0 Å². The number of halogens is 1. The fraction of sp³-hybridized carbons (Fsp3) is 0.462. The van der Waals surface area contributed by atoms with Crippen LogP contribution in [-0.2, 0) is 6.54 Å². The Bertz CT molecular complexity index is 526. The Morgan fingerprint density at radius 1 is 1.58 bits per heavy atom. The molecule has 2 aromatic rings. The van der Waals surface area contributed by atoms with E-state index in [0.29, 0.717) is 6.04 Å². The number of hydrogen-bond donors (Lipinski definition) is 1. The molecule has 0 aliphatic carbocycles. The number of rotatable bonds is 3. The van der Waals surface area contributed by atoms with E-state index in [9.17, 15) is 0 Å². The summed E-state index contributed by atoms with van der Waals surface area (Å²) in [5.74, 6) is 1.65. The monoisotopic (exact) mass is 299 g/mol. The molecule has 0 saturated carbocycles. The molecule has 0 radical (unpaired) electrons. The molecule has 1 aliphatic heterocycles. The van der Waals surface area contributed by atoms with Crippen molar-refractivity contribution in [2.24, 2.45) is 5.73 Å². The van der Waals surface area contributed by atoms with E-state index >= 15 is 0 Å². The summed E-state index contributed by atoms with van der Waals surface area (Å²) in [6, 6.07) is 4.36. The molecule has 1 fully saturated rings. The lowest BCUT2D eigenvalue weighted by Gasteiger charge is -2.12. The number of aryl methyl sites for hydroxylation is 1. The molecule has 0 bridgehead atoms. The minimum Gasteiger partial charge on any atom is -0.440 e. The minimum atomic E-state index is 0. The summed E-state index contributed by atoms with van der Waals surface area (Å²) in [7, 11) is 0. The average Bonchev–Trinajstić information content (AvgIpc) is 3.02. The number of thiophene rings is 1. The third-order valence-electron chi connectivity index (χ3n) is 3.31. The predicted molar refractivity (Wildman–Crippen MR) is 79.7 cm³/mol. The first-order chi connectivity index (χ1) is 8.72. The van der Waals surface area contributed by atoms with Crippen LogP contribution < -0.4 is 5.73 Å². The molecule has 0 amide bonds. The summed E-state index contributed by atoms with van der Waals surface area (Å²) in [6.45, 7) is 4.84. The highest BCUT2D eigenvalue weighted by Gasteiger charge is 2.21. The van der Waals surface area contributed by atoms with E-state index in [4.69, 9.17) is 10.2 Å². The number of nitrogens with zero attached hydrogens (tertiary/aromatic N) is 2. The average molecular weight is 300 g/mol. The van der Waals surface area contributed by atoms with E-state index in [2.05, 4.69) is 9.88 Å². The molecule has 1 saturated heterocycles. The lowest BCUT2D eigenvalue weighted by atomic mass is 10.3. The van der Waals surface area contributed by atoms with Crippen molar-refractivity contribution in [1.29, 1.82) is 0 Å². The molecule has 0 spiro atoms. The molecule has 104 valence electrons. The van der Waals surface area contributed by atoms with Gasteiger partial charge < -0.3 is 10.2 Å². The molecule has 1 aliphatic rings. The summed E-state index contributed by atoms with van der Waals surface area (Å²) >= 11 is 1.65. The van der Waals surface area contributed by atoms with Gasteiger partial charge in [-0.25, -0.2) is 4.98 Å². The number of hydrogen-bond acceptors (Lipinski definition) is 5. The van der Waals surface area contributed by atoms with Crippen LogP contribution in [0.2, 0.25) is 0 Å². The van der Waals surface area contributed by atoms with Crippen LogP contribution in [0, 0.1) is 6.92 Å². The normalized spacial score (nSPS) is 19.6. The molecular formula is C13H18ClN3OS. The zero-order valence-electron chi connectivity index (χ0n) is 10.8. The quantitative estimate of drug-likeness (QED) is 0.947. The Morgan fingerprint density at radius 3 is 3.05 bits per heavy atom. The van der Waals surface area contributed by atoms with Gasteiger partial charge in [0.25, 0.3) is 0 Å². The number of nitrogens with two attached hydrogens (primary N) is 1. The van der Waals surface area contributed by atoms with Crippen molar-refractivity contribution in [3.05, 3.63) is 29.0 Å². The second-order valence-electron chi connectivity index (χ2n) is 4.78. The standard InChI is InChI=1S/C13H17N3OS.ClH/c1-9-11(8-16-5-4-10(14)7-16)15-13(17-9)12-3-2-6-18-12;/h2-3,6,10H,4-5,7-8,14H2,1H3;1H. The van der Waals surface area contributed by atoms with Crippen molar-refractivity contribution in [1.82, 2.24) is 9.88 Å². The summed E-state index contributed by atoms with van der Waals surface area (Å²) < 4.78 is 5.74. The van der Waals surface area contributed by atoms with Crippen LogP contribution in [0.3, 0.4) is 0 Å². The lowest BCUT2D eigenvalue weighted by Crippen LogP contribution is -2.26. The molecule has 3 heterocycles. The summed E-state index contributed by atoms with van der Waals surface area (Å²) in [5, 5.41) is 2.04. The Balaban J connectivity index is 0.00000133. The van der Waals surface area contributed by atoms with Crippen LogP contribution >= 0.6 is 23.7 Å². The first-order valence-corrected chi connectivity index (χ1v) is 7.08. The zero-order valence-corrected chi connectivity index (χ0v) is 12.5. The van der Waals surface area contributed by atoms with Gasteiger partial charge in [0.15, 0.2) is 0 Å². The van der Waals surface area contributed by atoms with Crippen molar-refractivity contribution in [3.8, 4) is 10.8 Å². The van der Waals surface area contributed by atoms with E-state index in [1.54, 1.807) is 11.3 Å². The number of oxazole rings is 1. The van der Waals surface area contributed by atoms with Gasteiger partial charge >= 0.3 is 0 Å².